The van der Waals surface area contributed by atoms with Gasteiger partial charge in [0.1, 0.15) is 0 Å². The summed E-state index contributed by atoms with van der Waals surface area (Å²) >= 11 is 0. The van der Waals surface area contributed by atoms with Crippen LogP contribution >= 0.6 is 0 Å². The van der Waals surface area contributed by atoms with Crippen LogP contribution in [0.15, 0.2) is 30.3 Å². The lowest BCUT2D eigenvalue weighted by atomic mass is 9.82. The Bertz CT molecular complexity index is 317. The maximum atomic E-state index is 5.07. The molecule has 0 amide bonds. The van der Waals surface area contributed by atoms with Crippen molar-refractivity contribution >= 4 is 0 Å². The summed E-state index contributed by atoms with van der Waals surface area (Å²) in [7, 11) is 1.77. The van der Waals surface area contributed by atoms with Gasteiger partial charge >= 0.3 is 0 Å². The number of hydrogen-bond donors (Lipinski definition) is 1. The third kappa shape index (κ3) is 4.11. The highest BCUT2D eigenvalue weighted by atomic mass is 16.5. The molecular weight excluding hydrogens is 222 g/mol. The highest BCUT2D eigenvalue weighted by Crippen LogP contribution is 2.32. The monoisotopic (exact) mass is 247 g/mol. The van der Waals surface area contributed by atoms with Gasteiger partial charge in [0.25, 0.3) is 0 Å². The number of ether oxygens (including phenoxy) is 1. The van der Waals surface area contributed by atoms with Crippen LogP contribution in [0.2, 0.25) is 0 Å². The molecule has 0 aromatic heterocycles. The molecule has 2 rings (SSSR count). The van der Waals surface area contributed by atoms with Gasteiger partial charge < -0.3 is 10.1 Å². The molecule has 2 nitrogen and oxygen atoms in total. The van der Waals surface area contributed by atoms with Gasteiger partial charge in [-0.25, -0.2) is 0 Å². The minimum Gasteiger partial charge on any atom is -0.385 e. The van der Waals surface area contributed by atoms with Crippen LogP contribution in [0.25, 0.3) is 0 Å². The van der Waals surface area contributed by atoms with E-state index in [2.05, 4.69) is 35.6 Å². The first kappa shape index (κ1) is 13.6. The van der Waals surface area contributed by atoms with E-state index in [0.29, 0.717) is 0 Å². The van der Waals surface area contributed by atoms with Crippen molar-refractivity contribution in [1.29, 1.82) is 0 Å². The number of hydrogen-bond acceptors (Lipinski definition) is 2. The largest absolute Gasteiger partial charge is 0.385 e. The van der Waals surface area contributed by atoms with E-state index in [4.69, 9.17) is 4.74 Å². The first-order valence-corrected chi connectivity index (χ1v) is 7.17. The van der Waals surface area contributed by atoms with Gasteiger partial charge in [0.2, 0.25) is 0 Å². The Balaban J connectivity index is 1.68. The predicted octanol–water partition coefficient (Wildman–Crippen LogP) is 3.34. The van der Waals surface area contributed by atoms with E-state index in [-0.39, 0.29) is 0 Å². The van der Waals surface area contributed by atoms with Gasteiger partial charge in [0, 0.05) is 19.8 Å². The van der Waals surface area contributed by atoms with Crippen molar-refractivity contribution in [2.75, 3.05) is 20.3 Å². The molecule has 0 radical (unpaired) electrons. The van der Waals surface area contributed by atoms with Gasteiger partial charge in [-0.15, -0.1) is 0 Å². The number of rotatable bonds is 6. The third-order valence-corrected chi connectivity index (χ3v) is 3.96. The fraction of sp³-hybridized carbons (Fsp3) is 0.625. The molecule has 0 bridgehead atoms. The summed E-state index contributed by atoms with van der Waals surface area (Å²) in [5.41, 5.74) is 1.52. The van der Waals surface area contributed by atoms with Crippen molar-refractivity contribution in [2.45, 2.75) is 44.1 Å². The molecule has 0 aliphatic heterocycles. The Labute approximate surface area is 111 Å². The molecule has 1 aliphatic carbocycles. The van der Waals surface area contributed by atoms with Crippen molar-refractivity contribution in [3.05, 3.63) is 35.9 Å². The summed E-state index contributed by atoms with van der Waals surface area (Å²) in [5.74, 6) is 0.781. The lowest BCUT2D eigenvalue weighted by molar-refractivity contribution is 0.191. The molecule has 18 heavy (non-hydrogen) atoms. The van der Waals surface area contributed by atoms with Crippen LogP contribution < -0.4 is 5.32 Å². The summed E-state index contributed by atoms with van der Waals surface area (Å²) in [6.07, 6.45) is 6.39. The second-order valence-electron chi connectivity index (χ2n) is 5.26. The summed E-state index contributed by atoms with van der Waals surface area (Å²) in [4.78, 5) is 0. The normalized spacial score (nSPS) is 24.1. The average molecular weight is 247 g/mol. The Morgan fingerprint density at radius 2 is 1.83 bits per heavy atom. The quantitative estimate of drug-likeness (QED) is 0.778. The van der Waals surface area contributed by atoms with Crippen LogP contribution in [-0.4, -0.2) is 26.3 Å². The second-order valence-corrected chi connectivity index (χ2v) is 5.26. The summed E-state index contributed by atoms with van der Waals surface area (Å²) in [5, 5.41) is 3.65. The second kappa shape index (κ2) is 7.55. The van der Waals surface area contributed by atoms with Crippen LogP contribution in [0.1, 0.15) is 43.6 Å². The molecule has 1 aromatic carbocycles. The third-order valence-electron chi connectivity index (χ3n) is 3.96. The Hall–Kier alpha value is -0.860. The van der Waals surface area contributed by atoms with Crippen molar-refractivity contribution in [3.8, 4) is 0 Å². The van der Waals surface area contributed by atoms with Gasteiger partial charge in [0.15, 0.2) is 0 Å². The van der Waals surface area contributed by atoms with Crippen LogP contribution in [0.5, 0.6) is 0 Å². The maximum absolute atomic E-state index is 5.07. The van der Waals surface area contributed by atoms with E-state index in [9.17, 15) is 0 Å². The van der Waals surface area contributed by atoms with Crippen LogP contribution in [-0.2, 0) is 4.74 Å². The lowest BCUT2D eigenvalue weighted by Crippen LogP contribution is -2.33. The van der Waals surface area contributed by atoms with Gasteiger partial charge in [-0.3, -0.25) is 0 Å². The van der Waals surface area contributed by atoms with E-state index in [1.807, 2.05) is 0 Å². The van der Waals surface area contributed by atoms with Crippen molar-refractivity contribution < 1.29 is 4.74 Å². The van der Waals surface area contributed by atoms with Gasteiger partial charge in [-0.1, -0.05) is 30.3 Å². The maximum Gasteiger partial charge on any atom is 0.0474 e. The van der Waals surface area contributed by atoms with Crippen molar-refractivity contribution in [3.63, 3.8) is 0 Å². The van der Waals surface area contributed by atoms with Gasteiger partial charge in [-0.2, -0.15) is 0 Å². The van der Waals surface area contributed by atoms with E-state index in [1.54, 1.807) is 7.11 Å². The first-order chi connectivity index (χ1) is 8.90. The first-order valence-electron chi connectivity index (χ1n) is 7.17. The van der Waals surface area contributed by atoms with E-state index < -0.39 is 0 Å². The summed E-state index contributed by atoms with van der Waals surface area (Å²) < 4.78 is 5.07. The van der Waals surface area contributed by atoms with Crippen molar-refractivity contribution in [2.24, 2.45) is 0 Å². The van der Waals surface area contributed by atoms with E-state index >= 15 is 0 Å². The molecule has 100 valence electrons. The van der Waals surface area contributed by atoms with E-state index in [0.717, 1.165) is 31.5 Å². The Morgan fingerprint density at radius 1 is 1.11 bits per heavy atom. The Morgan fingerprint density at radius 3 is 2.50 bits per heavy atom. The summed E-state index contributed by atoms with van der Waals surface area (Å²) in [6.45, 7) is 1.96. The van der Waals surface area contributed by atoms with Gasteiger partial charge in [0.05, 0.1) is 0 Å². The highest BCUT2D eigenvalue weighted by Gasteiger charge is 2.21. The van der Waals surface area contributed by atoms with Crippen molar-refractivity contribution in [1.82, 2.24) is 5.32 Å². The number of benzene rings is 1. The fourth-order valence-corrected chi connectivity index (χ4v) is 2.88. The average Bonchev–Trinajstić information content (AvgIpc) is 2.45. The molecule has 1 aliphatic rings. The fourth-order valence-electron chi connectivity index (χ4n) is 2.88. The lowest BCUT2D eigenvalue weighted by Gasteiger charge is -2.29. The molecule has 0 spiro atoms. The molecule has 1 saturated carbocycles. The molecule has 0 unspecified atom stereocenters. The minimum atomic E-state index is 0.724. The molecule has 1 aromatic rings. The number of nitrogens with one attached hydrogen (secondary N) is 1. The zero-order valence-corrected chi connectivity index (χ0v) is 11.4. The van der Waals surface area contributed by atoms with E-state index in [1.165, 1.54) is 31.2 Å². The molecule has 0 saturated heterocycles. The smallest absolute Gasteiger partial charge is 0.0474 e. The predicted molar refractivity (Wildman–Crippen MR) is 75.9 cm³/mol. The SMILES string of the molecule is COCCCNC1CCC(c2ccccc2)CC1. The van der Waals surface area contributed by atoms with Gasteiger partial charge in [-0.05, 0) is 50.1 Å². The standard InChI is InChI=1S/C16H25NO/c1-18-13-5-12-17-16-10-8-15(9-11-16)14-6-3-2-4-7-14/h2-4,6-7,15-17H,5,8-13H2,1H3. The number of methoxy groups -OCH3 is 1. The summed E-state index contributed by atoms with van der Waals surface area (Å²) in [6, 6.07) is 11.7. The minimum absolute atomic E-state index is 0.724. The molecule has 2 heteroatoms. The molecule has 1 fully saturated rings. The molecule has 0 heterocycles. The zero-order chi connectivity index (χ0) is 12.6. The zero-order valence-electron chi connectivity index (χ0n) is 11.4. The topological polar surface area (TPSA) is 21.3 Å². The van der Waals surface area contributed by atoms with Crippen LogP contribution in [0.3, 0.4) is 0 Å². The highest BCUT2D eigenvalue weighted by molar-refractivity contribution is 5.20. The molecular formula is C16H25NO. The van der Waals surface area contributed by atoms with Crippen LogP contribution in [0.4, 0.5) is 0 Å². The van der Waals surface area contributed by atoms with Crippen LogP contribution in [0, 0.1) is 0 Å². The Kier molecular flexibility index (Phi) is 5.69. The molecule has 1 N–H and O–H groups in total. The molecule has 0 atom stereocenters.